The number of benzene rings is 3. The molecule has 2 aromatic heterocycles. The fourth-order valence-electron chi connectivity index (χ4n) is 5.12. The first-order chi connectivity index (χ1) is 21.1. The summed E-state index contributed by atoms with van der Waals surface area (Å²) < 4.78 is 39.7. The highest BCUT2D eigenvalue weighted by atomic mass is 32.2. The van der Waals surface area contributed by atoms with Crippen molar-refractivity contribution in [1.29, 1.82) is 0 Å². The number of hydrogen-bond acceptors (Lipinski definition) is 12. The third kappa shape index (κ3) is 5.04. The summed E-state index contributed by atoms with van der Waals surface area (Å²) in [6.45, 7) is -0.658. The van der Waals surface area contributed by atoms with Crippen LogP contribution in [0.15, 0.2) is 82.7 Å². The largest absolute Gasteiger partial charge is 0.497 e. The van der Waals surface area contributed by atoms with E-state index in [2.05, 4.69) is 20.6 Å². The van der Waals surface area contributed by atoms with Crippen LogP contribution < -0.4 is 10.1 Å². The predicted molar refractivity (Wildman–Crippen MR) is 154 cm³/mol. The van der Waals surface area contributed by atoms with Crippen molar-refractivity contribution in [3.8, 4) is 11.4 Å². The molecule has 1 saturated heterocycles. The number of nitrogens with one attached hydrogen (secondary N) is 1. The molecule has 0 aliphatic carbocycles. The molecule has 1 amide bonds. The Hall–Kier alpha value is -4.51. The molecule has 3 aromatic carbocycles. The molecule has 0 bridgehead atoms. The number of aliphatic hydroxyl groups is 4. The molecule has 1 aliphatic heterocycles. The van der Waals surface area contributed by atoms with Gasteiger partial charge in [0.25, 0.3) is 5.91 Å². The molecule has 0 radical (unpaired) electrons. The summed E-state index contributed by atoms with van der Waals surface area (Å²) in [7, 11) is -2.74. The highest BCUT2D eigenvalue weighted by Gasteiger charge is 2.44. The number of methoxy groups -OCH3 is 1. The van der Waals surface area contributed by atoms with E-state index in [0.29, 0.717) is 22.3 Å². The Balaban J connectivity index is 1.49. The topological polar surface area (TPSA) is 206 Å². The minimum atomic E-state index is -4.20. The third-order valence-corrected chi connectivity index (χ3v) is 9.26. The molecule has 5 aromatic rings. The second kappa shape index (κ2) is 11.5. The van der Waals surface area contributed by atoms with Gasteiger partial charge in [-0.25, -0.2) is 13.1 Å². The standard InChI is InChI=1S/C29H27N5O9S/c1-42-16-7-9-17(10-8-16)44(40,41)23-13-30-19-11-6-15(28(38)31-24-27(37)26(36)22(14-35)43-29(24)39)12-18(19)25(23)34-21-5-3-2-4-20(21)32-33-34/h2-13,22,24,26-27,29,35-37,39H,14H2,1H3,(H,31,38). The molecule has 14 nitrogen and oxygen atoms in total. The van der Waals surface area contributed by atoms with Gasteiger partial charge < -0.3 is 35.2 Å². The van der Waals surface area contributed by atoms with E-state index in [4.69, 9.17) is 9.47 Å². The molecule has 6 rings (SSSR count). The van der Waals surface area contributed by atoms with Gasteiger partial charge in [0.05, 0.1) is 35.3 Å². The van der Waals surface area contributed by atoms with Crippen LogP contribution >= 0.6 is 0 Å². The zero-order chi connectivity index (χ0) is 31.2. The fraction of sp³-hybridized carbons (Fsp3) is 0.241. The van der Waals surface area contributed by atoms with Crippen LogP contribution in [0, 0.1) is 0 Å². The van der Waals surface area contributed by atoms with Crippen molar-refractivity contribution < 1.29 is 43.1 Å². The van der Waals surface area contributed by atoms with E-state index in [0.717, 1.165) is 0 Å². The van der Waals surface area contributed by atoms with E-state index in [9.17, 15) is 33.6 Å². The van der Waals surface area contributed by atoms with E-state index < -0.39 is 53.0 Å². The van der Waals surface area contributed by atoms with Crippen LogP contribution in [0.2, 0.25) is 0 Å². The van der Waals surface area contributed by atoms with E-state index in [1.165, 1.54) is 60.5 Å². The lowest BCUT2D eigenvalue weighted by atomic mass is 9.96. The summed E-state index contributed by atoms with van der Waals surface area (Å²) in [5.74, 6) is -0.303. The lowest BCUT2D eigenvalue weighted by Gasteiger charge is -2.40. The lowest BCUT2D eigenvalue weighted by Crippen LogP contribution is -2.64. The third-order valence-electron chi connectivity index (χ3n) is 7.49. The van der Waals surface area contributed by atoms with Gasteiger partial charge in [0.1, 0.15) is 40.5 Å². The normalized spacial score (nSPS) is 22.2. The minimum Gasteiger partial charge on any atom is -0.497 e. The van der Waals surface area contributed by atoms with Gasteiger partial charge in [-0.1, -0.05) is 17.3 Å². The number of fused-ring (bicyclic) bond motifs is 2. The summed E-state index contributed by atoms with van der Waals surface area (Å²) in [5, 5.41) is 51.5. The van der Waals surface area contributed by atoms with Gasteiger partial charge in [0.15, 0.2) is 6.29 Å². The summed E-state index contributed by atoms with van der Waals surface area (Å²) in [5.41, 5.74) is 1.45. The zero-order valence-corrected chi connectivity index (χ0v) is 23.9. The number of nitrogens with zero attached hydrogens (tertiary/aromatic N) is 4. The Labute approximate surface area is 250 Å². The zero-order valence-electron chi connectivity index (χ0n) is 23.0. The van der Waals surface area contributed by atoms with Crippen molar-refractivity contribution in [2.24, 2.45) is 0 Å². The van der Waals surface area contributed by atoms with Gasteiger partial charge in [0, 0.05) is 17.1 Å². The lowest BCUT2D eigenvalue weighted by molar-refractivity contribution is -0.252. The number of aromatic nitrogens is 4. The minimum absolute atomic E-state index is 0.0159. The number of carbonyl (C=O) groups excluding carboxylic acids is 1. The number of sulfone groups is 1. The van der Waals surface area contributed by atoms with Gasteiger partial charge in [0.2, 0.25) is 9.84 Å². The molecule has 1 fully saturated rings. The first-order valence-electron chi connectivity index (χ1n) is 13.4. The van der Waals surface area contributed by atoms with E-state index in [1.54, 1.807) is 24.3 Å². The molecular weight excluding hydrogens is 594 g/mol. The summed E-state index contributed by atoms with van der Waals surface area (Å²) in [6.07, 6.45) is -4.98. The van der Waals surface area contributed by atoms with Crippen LogP contribution in [0.25, 0.3) is 27.6 Å². The van der Waals surface area contributed by atoms with Crippen molar-refractivity contribution in [3.05, 3.63) is 78.5 Å². The Morgan fingerprint density at radius 3 is 2.50 bits per heavy atom. The van der Waals surface area contributed by atoms with Crippen molar-refractivity contribution in [1.82, 2.24) is 25.3 Å². The molecule has 0 saturated carbocycles. The van der Waals surface area contributed by atoms with Gasteiger partial charge in [-0.3, -0.25) is 9.78 Å². The maximum atomic E-state index is 14.0. The SMILES string of the molecule is COc1ccc(S(=O)(=O)c2cnc3ccc(C(=O)NC4C(O)OC(CO)C(O)C4O)cc3c2-n2nnc3ccccc32)cc1. The molecular formula is C29H27N5O9S. The number of amides is 1. The molecule has 0 spiro atoms. The van der Waals surface area contributed by atoms with Crippen LogP contribution in [0.5, 0.6) is 5.75 Å². The van der Waals surface area contributed by atoms with Crippen LogP contribution in [0.3, 0.4) is 0 Å². The van der Waals surface area contributed by atoms with Crippen LogP contribution in [-0.4, -0.2) is 99.1 Å². The number of aliphatic hydroxyl groups excluding tert-OH is 4. The number of carbonyl (C=O) groups is 1. The van der Waals surface area contributed by atoms with Crippen molar-refractivity contribution in [2.45, 2.75) is 40.4 Å². The van der Waals surface area contributed by atoms with Crippen molar-refractivity contribution in [3.63, 3.8) is 0 Å². The number of para-hydroxylation sites is 1. The average molecular weight is 622 g/mol. The maximum absolute atomic E-state index is 14.0. The first-order valence-corrected chi connectivity index (χ1v) is 14.9. The number of hydrogen-bond donors (Lipinski definition) is 5. The smallest absolute Gasteiger partial charge is 0.251 e. The van der Waals surface area contributed by atoms with E-state index >= 15 is 0 Å². The van der Waals surface area contributed by atoms with Crippen molar-refractivity contribution >= 4 is 37.7 Å². The Bertz CT molecular complexity index is 1970. The number of pyridine rings is 1. The summed E-state index contributed by atoms with van der Waals surface area (Å²) in [6, 6.07) is 15.7. The van der Waals surface area contributed by atoms with Gasteiger partial charge in [-0.2, -0.15) is 0 Å². The highest BCUT2D eigenvalue weighted by Crippen LogP contribution is 2.34. The Kier molecular flexibility index (Phi) is 7.75. The molecule has 5 N–H and O–H groups in total. The highest BCUT2D eigenvalue weighted by molar-refractivity contribution is 7.91. The van der Waals surface area contributed by atoms with Crippen LogP contribution in [-0.2, 0) is 14.6 Å². The maximum Gasteiger partial charge on any atom is 0.251 e. The molecule has 15 heteroatoms. The molecule has 3 heterocycles. The second-order valence-corrected chi connectivity index (χ2v) is 12.0. The fourth-order valence-corrected chi connectivity index (χ4v) is 6.51. The van der Waals surface area contributed by atoms with E-state index in [1.807, 2.05) is 0 Å². The quantitative estimate of drug-likeness (QED) is 0.167. The molecule has 5 atom stereocenters. The van der Waals surface area contributed by atoms with E-state index in [-0.39, 0.29) is 26.4 Å². The molecule has 5 unspecified atom stereocenters. The predicted octanol–water partition coefficient (Wildman–Crippen LogP) is 0.340. The van der Waals surface area contributed by atoms with Crippen LogP contribution in [0.4, 0.5) is 0 Å². The van der Waals surface area contributed by atoms with Gasteiger partial charge in [-0.05, 0) is 54.6 Å². The monoisotopic (exact) mass is 621 g/mol. The number of rotatable bonds is 7. The molecule has 1 aliphatic rings. The molecule has 228 valence electrons. The summed E-state index contributed by atoms with van der Waals surface area (Å²) in [4.78, 5) is 17.5. The summed E-state index contributed by atoms with van der Waals surface area (Å²) >= 11 is 0. The van der Waals surface area contributed by atoms with Gasteiger partial charge >= 0.3 is 0 Å². The van der Waals surface area contributed by atoms with Crippen LogP contribution in [0.1, 0.15) is 10.4 Å². The van der Waals surface area contributed by atoms with Gasteiger partial charge in [-0.15, -0.1) is 5.10 Å². The Morgan fingerprint density at radius 1 is 1.02 bits per heavy atom. The Morgan fingerprint density at radius 2 is 1.77 bits per heavy atom. The average Bonchev–Trinajstić information content (AvgIpc) is 3.47. The van der Waals surface area contributed by atoms with Crippen molar-refractivity contribution in [2.75, 3.05) is 13.7 Å². The first kappa shape index (κ1) is 29.6. The second-order valence-electron chi connectivity index (χ2n) is 10.1. The molecule has 44 heavy (non-hydrogen) atoms. The number of ether oxygens (including phenoxy) is 2.